The van der Waals surface area contributed by atoms with Gasteiger partial charge in [0, 0.05) is 17.2 Å². The lowest BCUT2D eigenvalue weighted by Gasteiger charge is -2.14. The Hall–Kier alpha value is -3.16. The van der Waals surface area contributed by atoms with Crippen LogP contribution in [0.4, 0.5) is 35.1 Å². The summed E-state index contributed by atoms with van der Waals surface area (Å²) < 4.78 is 110. The number of benzene rings is 3. The summed E-state index contributed by atoms with van der Waals surface area (Å²) in [6, 6.07) is 6.88. The van der Waals surface area contributed by atoms with E-state index in [1.807, 2.05) is 13.8 Å². The van der Waals surface area contributed by atoms with Crippen molar-refractivity contribution in [2.24, 2.45) is 0 Å². The van der Waals surface area contributed by atoms with E-state index in [2.05, 4.69) is 0 Å². The smallest absolute Gasteiger partial charge is 0.206 e. The van der Waals surface area contributed by atoms with E-state index < -0.39 is 46.4 Å². The fourth-order valence-electron chi connectivity index (χ4n) is 3.73. The van der Waals surface area contributed by atoms with E-state index in [4.69, 9.17) is 0 Å². The van der Waals surface area contributed by atoms with E-state index in [0.717, 1.165) is 25.0 Å². The van der Waals surface area contributed by atoms with E-state index in [-0.39, 0.29) is 34.8 Å². The van der Waals surface area contributed by atoms with Gasteiger partial charge in [0.25, 0.3) is 0 Å². The summed E-state index contributed by atoms with van der Waals surface area (Å²) in [6.07, 6.45) is -3.28. The van der Waals surface area contributed by atoms with Crippen molar-refractivity contribution in [2.45, 2.75) is 38.8 Å². The maximum atomic E-state index is 14.8. The third-order valence-corrected chi connectivity index (χ3v) is 5.44. The molecule has 0 N–H and O–H groups in total. The Balaban J connectivity index is 1.99. The minimum absolute atomic E-state index is 0.0686. The van der Waals surface area contributed by atoms with Crippen LogP contribution in [0.3, 0.4) is 0 Å². The van der Waals surface area contributed by atoms with Crippen LogP contribution in [-0.2, 0) is 0 Å². The first-order chi connectivity index (χ1) is 15.9. The molecule has 3 aromatic carbocycles. The molecule has 0 spiro atoms. The third kappa shape index (κ3) is 5.66. The summed E-state index contributed by atoms with van der Waals surface area (Å²) in [7, 11) is 0. The summed E-state index contributed by atoms with van der Waals surface area (Å²) in [5.41, 5.74) is -1.59. The molecule has 0 aliphatic rings. The Kier molecular flexibility index (Phi) is 7.48. The van der Waals surface area contributed by atoms with Gasteiger partial charge < -0.3 is 0 Å². The van der Waals surface area contributed by atoms with E-state index >= 15 is 0 Å². The molecule has 0 bridgehead atoms. The van der Waals surface area contributed by atoms with Crippen LogP contribution in [0.1, 0.15) is 43.7 Å². The summed E-state index contributed by atoms with van der Waals surface area (Å²) >= 11 is 0. The molecule has 0 fully saturated rings. The van der Waals surface area contributed by atoms with E-state index in [0.29, 0.717) is 17.7 Å². The normalized spacial score (nSPS) is 13.0. The van der Waals surface area contributed by atoms with E-state index in [1.54, 1.807) is 0 Å². The lowest BCUT2D eigenvalue weighted by Crippen LogP contribution is -2.01. The number of hydrogen-bond acceptors (Lipinski definition) is 0. The van der Waals surface area contributed by atoms with Crippen LogP contribution in [0, 0.1) is 29.1 Å². The average Bonchev–Trinajstić information content (AvgIpc) is 2.72. The molecule has 0 aliphatic carbocycles. The van der Waals surface area contributed by atoms with Crippen molar-refractivity contribution in [3.8, 4) is 22.3 Å². The fraction of sp³-hybridized carbons (Fsp3) is 0.231. The highest BCUT2D eigenvalue weighted by atomic mass is 19.4. The van der Waals surface area contributed by atoms with Crippen molar-refractivity contribution in [1.29, 1.82) is 0 Å². The molecular formula is C26H20F8. The second-order valence-electron chi connectivity index (χ2n) is 7.97. The summed E-state index contributed by atoms with van der Waals surface area (Å²) in [6.45, 7) is 3.79. The molecule has 0 nitrogen and oxygen atoms in total. The fourth-order valence-corrected chi connectivity index (χ4v) is 3.73. The zero-order valence-electron chi connectivity index (χ0n) is 18.2. The van der Waals surface area contributed by atoms with Crippen LogP contribution in [0.25, 0.3) is 28.3 Å². The van der Waals surface area contributed by atoms with Gasteiger partial charge in [-0.25, -0.2) is 22.0 Å². The van der Waals surface area contributed by atoms with E-state index in [9.17, 15) is 35.1 Å². The minimum Gasteiger partial charge on any atom is -0.206 e. The van der Waals surface area contributed by atoms with Gasteiger partial charge in [-0.1, -0.05) is 32.4 Å². The van der Waals surface area contributed by atoms with Crippen molar-refractivity contribution < 1.29 is 35.1 Å². The van der Waals surface area contributed by atoms with Crippen molar-refractivity contribution in [3.05, 3.63) is 88.8 Å². The molecule has 0 aromatic heterocycles. The molecule has 1 atom stereocenters. The van der Waals surface area contributed by atoms with Gasteiger partial charge in [-0.05, 0) is 65.4 Å². The molecule has 1 unspecified atom stereocenters. The van der Waals surface area contributed by atoms with Crippen LogP contribution >= 0.6 is 0 Å². The van der Waals surface area contributed by atoms with Gasteiger partial charge in [0.15, 0.2) is 0 Å². The standard InChI is InChI=1S/C26H20F8/c1-3-4-14(2)16-10-23(30)25(24(31)11-16)15-5-6-18(20(27)9-15)17-12-21(28)19(22(29)13-17)7-8-26(32,33)34/h5-14H,3-4H2,1-2H3/b8-7+. The Morgan fingerprint density at radius 3 is 1.82 bits per heavy atom. The number of alkyl halides is 3. The molecule has 0 aliphatic heterocycles. The number of allylic oxidation sites excluding steroid dienone is 1. The SMILES string of the molecule is CCCC(C)c1cc(F)c(-c2ccc(-c3cc(F)c(/C=C/C(F)(F)F)c(F)c3)c(F)c2)c(F)c1. The Morgan fingerprint density at radius 1 is 0.765 bits per heavy atom. The molecule has 0 radical (unpaired) electrons. The summed E-state index contributed by atoms with van der Waals surface area (Å²) in [4.78, 5) is 0. The van der Waals surface area contributed by atoms with E-state index in [1.165, 1.54) is 18.2 Å². The molecule has 8 heteroatoms. The Morgan fingerprint density at radius 2 is 1.32 bits per heavy atom. The lowest BCUT2D eigenvalue weighted by molar-refractivity contribution is -0.0790. The van der Waals surface area contributed by atoms with Crippen molar-refractivity contribution in [3.63, 3.8) is 0 Å². The summed E-state index contributed by atoms with van der Waals surface area (Å²) in [5.74, 6) is -5.48. The highest BCUT2D eigenvalue weighted by Gasteiger charge is 2.23. The third-order valence-electron chi connectivity index (χ3n) is 5.44. The summed E-state index contributed by atoms with van der Waals surface area (Å²) in [5, 5.41) is 0. The highest BCUT2D eigenvalue weighted by molar-refractivity contribution is 5.73. The molecule has 3 rings (SSSR count). The van der Waals surface area contributed by atoms with Crippen LogP contribution in [-0.4, -0.2) is 6.18 Å². The molecule has 0 heterocycles. The molecule has 0 saturated heterocycles. The van der Waals surface area contributed by atoms with Gasteiger partial charge in [0.2, 0.25) is 0 Å². The quantitative estimate of drug-likeness (QED) is 0.306. The first-order valence-electron chi connectivity index (χ1n) is 10.5. The number of rotatable bonds is 6. The van der Waals surface area contributed by atoms with Gasteiger partial charge in [0.1, 0.15) is 29.1 Å². The monoisotopic (exact) mass is 484 g/mol. The average molecular weight is 484 g/mol. The first-order valence-corrected chi connectivity index (χ1v) is 10.5. The second-order valence-corrected chi connectivity index (χ2v) is 7.97. The molecular weight excluding hydrogens is 464 g/mol. The predicted molar refractivity (Wildman–Crippen MR) is 116 cm³/mol. The highest BCUT2D eigenvalue weighted by Crippen LogP contribution is 2.34. The Bertz CT molecular complexity index is 1180. The molecule has 34 heavy (non-hydrogen) atoms. The van der Waals surface area contributed by atoms with Crippen LogP contribution in [0.15, 0.2) is 48.5 Å². The Labute approximate surface area is 191 Å². The zero-order chi connectivity index (χ0) is 25.2. The first kappa shape index (κ1) is 25.5. The van der Waals surface area contributed by atoms with Crippen LogP contribution in [0.5, 0.6) is 0 Å². The minimum atomic E-state index is -4.77. The number of hydrogen-bond donors (Lipinski definition) is 0. The second kappa shape index (κ2) is 9.99. The topological polar surface area (TPSA) is 0 Å². The van der Waals surface area contributed by atoms with Crippen LogP contribution in [0.2, 0.25) is 0 Å². The van der Waals surface area contributed by atoms with Gasteiger partial charge in [-0.3, -0.25) is 0 Å². The van der Waals surface area contributed by atoms with Gasteiger partial charge in [0.05, 0.1) is 5.56 Å². The van der Waals surface area contributed by atoms with Gasteiger partial charge >= 0.3 is 6.18 Å². The van der Waals surface area contributed by atoms with Crippen molar-refractivity contribution in [1.82, 2.24) is 0 Å². The van der Waals surface area contributed by atoms with Gasteiger partial charge in [-0.2, -0.15) is 13.2 Å². The van der Waals surface area contributed by atoms with Crippen LogP contribution < -0.4 is 0 Å². The zero-order valence-corrected chi connectivity index (χ0v) is 18.2. The molecule has 0 saturated carbocycles. The van der Waals surface area contributed by atoms with Crippen molar-refractivity contribution >= 4 is 6.08 Å². The number of halogens is 8. The maximum absolute atomic E-state index is 14.8. The van der Waals surface area contributed by atoms with Crippen molar-refractivity contribution in [2.75, 3.05) is 0 Å². The molecule has 180 valence electrons. The maximum Gasteiger partial charge on any atom is 0.409 e. The predicted octanol–water partition coefficient (Wildman–Crippen LogP) is 9.20. The molecule has 0 amide bonds. The van der Waals surface area contributed by atoms with Gasteiger partial charge in [-0.15, -0.1) is 0 Å². The molecule has 3 aromatic rings. The lowest BCUT2D eigenvalue weighted by atomic mass is 9.92. The largest absolute Gasteiger partial charge is 0.409 e.